The summed E-state index contributed by atoms with van der Waals surface area (Å²) in [5.41, 5.74) is -3.18. The van der Waals surface area contributed by atoms with Gasteiger partial charge in [0.05, 0.1) is 17.9 Å². The van der Waals surface area contributed by atoms with Gasteiger partial charge in [-0.05, 0) is 57.8 Å². The molecule has 0 aliphatic heterocycles. The van der Waals surface area contributed by atoms with E-state index < -0.39 is 34.7 Å². The van der Waals surface area contributed by atoms with E-state index in [1.54, 1.807) is 0 Å². The summed E-state index contributed by atoms with van der Waals surface area (Å²) < 4.78 is 16.1. The van der Waals surface area contributed by atoms with Crippen molar-refractivity contribution in [3.8, 4) is 0 Å². The molecule has 0 aromatic heterocycles. The predicted molar refractivity (Wildman–Crippen MR) is 148 cm³/mol. The van der Waals surface area contributed by atoms with E-state index in [2.05, 4.69) is 0 Å². The van der Waals surface area contributed by atoms with Gasteiger partial charge in [0.1, 0.15) is 16.8 Å². The molecular formula is C30H57O9Y. The van der Waals surface area contributed by atoms with Gasteiger partial charge in [-0.1, -0.05) is 81.6 Å². The maximum Gasteiger partial charge on any atom is 3.00 e. The molecule has 0 heterocycles. The van der Waals surface area contributed by atoms with Crippen molar-refractivity contribution in [3.05, 3.63) is 0 Å². The van der Waals surface area contributed by atoms with E-state index in [9.17, 15) is 29.7 Å². The molecule has 0 aliphatic carbocycles. The Morgan fingerprint density at radius 1 is 0.450 bits per heavy atom. The number of hydrogen-bond acceptors (Lipinski definition) is 9. The Morgan fingerprint density at radius 3 is 0.725 bits per heavy atom. The number of hydrogen-bond donors (Lipinski definition) is 0. The first-order chi connectivity index (χ1) is 18.4. The first-order valence-electron chi connectivity index (χ1n) is 14.9. The maximum atomic E-state index is 10.8. The van der Waals surface area contributed by atoms with E-state index in [0.29, 0.717) is 58.3 Å². The van der Waals surface area contributed by atoms with Gasteiger partial charge >= 0.3 is 32.7 Å². The van der Waals surface area contributed by atoms with Gasteiger partial charge in [0.2, 0.25) is 0 Å². The molecule has 0 atom stereocenters. The second-order valence-electron chi connectivity index (χ2n) is 9.57. The maximum absolute atomic E-state index is 10.8. The van der Waals surface area contributed by atoms with Crippen molar-refractivity contribution in [2.24, 2.45) is 0 Å². The number of carboxylic acids is 3. The third kappa shape index (κ3) is 17.4. The molecule has 0 saturated carbocycles. The second-order valence-corrected chi connectivity index (χ2v) is 9.57. The van der Waals surface area contributed by atoms with Crippen LogP contribution >= 0.6 is 0 Å². The number of carboxylic acid groups (broad SMARTS) is 3. The van der Waals surface area contributed by atoms with Crippen molar-refractivity contribution in [1.29, 1.82) is 0 Å². The topological polar surface area (TPSA) is 148 Å². The average Bonchev–Trinajstić information content (AvgIpc) is 2.92. The third-order valence-corrected chi connectivity index (χ3v) is 7.17. The molecule has 0 bridgehead atoms. The number of unbranched alkanes of at least 4 members (excludes halogenated alkanes) is 3. The van der Waals surface area contributed by atoms with Crippen LogP contribution in [0.1, 0.15) is 139 Å². The number of aliphatic carboxylic acids is 3. The van der Waals surface area contributed by atoms with E-state index in [1.807, 2.05) is 62.3 Å². The first-order valence-corrected chi connectivity index (χ1v) is 14.9. The summed E-state index contributed by atoms with van der Waals surface area (Å²) in [5.74, 6) is -3.27. The Balaban J connectivity index is -0.000000240. The van der Waals surface area contributed by atoms with Crippen LogP contribution in [-0.2, 0) is 61.3 Å². The Hall–Kier alpha value is -0.606. The standard InChI is InChI=1S/3C10H20O3.Y/c3*1-4-7-8-13-10(5-2,6-3)9(11)12;/h3*4-8H2,1-3H3,(H,11,12);/q;;;+3/p-3. The van der Waals surface area contributed by atoms with Crippen molar-refractivity contribution in [1.82, 2.24) is 0 Å². The summed E-state index contributed by atoms with van der Waals surface area (Å²) >= 11 is 0. The van der Waals surface area contributed by atoms with Crippen LogP contribution < -0.4 is 15.3 Å². The summed E-state index contributed by atoms with van der Waals surface area (Å²) in [6.07, 6.45) is 8.53. The number of carbonyl (C=O) groups excluding carboxylic acids is 3. The van der Waals surface area contributed by atoms with Gasteiger partial charge in [-0.25, -0.2) is 0 Å². The van der Waals surface area contributed by atoms with Crippen LogP contribution in [-0.4, -0.2) is 54.5 Å². The van der Waals surface area contributed by atoms with Crippen LogP contribution in [0.15, 0.2) is 0 Å². The minimum atomic E-state index is -1.09. The zero-order valence-corrected chi connectivity index (χ0v) is 29.7. The van der Waals surface area contributed by atoms with Crippen LogP contribution in [0.3, 0.4) is 0 Å². The van der Waals surface area contributed by atoms with Gasteiger partial charge in [-0.3, -0.25) is 0 Å². The number of rotatable bonds is 21. The van der Waals surface area contributed by atoms with Crippen LogP contribution in [0.4, 0.5) is 0 Å². The van der Waals surface area contributed by atoms with Gasteiger partial charge in [-0.15, -0.1) is 0 Å². The minimum absolute atomic E-state index is 0. The second kappa shape index (κ2) is 27.2. The van der Waals surface area contributed by atoms with Crippen LogP contribution in [0.25, 0.3) is 0 Å². The summed E-state index contributed by atoms with van der Waals surface area (Å²) in [5, 5.41) is 32.5. The van der Waals surface area contributed by atoms with Gasteiger partial charge < -0.3 is 43.9 Å². The van der Waals surface area contributed by atoms with Gasteiger partial charge in [0.25, 0.3) is 0 Å². The van der Waals surface area contributed by atoms with Crippen molar-refractivity contribution in [2.45, 2.75) is 156 Å². The molecule has 0 aromatic carbocycles. The predicted octanol–water partition coefficient (Wildman–Crippen LogP) is 3.33. The van der Waals surface area contributed by atoms with Gasteiger partial charge in [0, 0.05) is 19.8 Å². The molecule has 0 rings (SSSR count). The molecule has 0 N–H and O–H groups in total. The monoisotopic (exact) mass is 650 g/mol. The smallest absolute Gasteiger partial charge is 0.547 e. The molecule has 0 spiro atoms. The van der Waals surface area contributed by atoms with E-state index in [0.717, 1.165) is 38.5 Å². The van der Waals surface area contributed by atoms with Crippen molar-refractivity contribution < 1.29 is 76.6 Å². The average molecular weight is 651 g/mol. The minimum Gasteiger partial charge on any atom is -0.547 e. The number of ether oxygens (including phenoxy) is 3. The summed E-state index contributed by atoms with van der Waals surface area (Å²) in [7, 11) is 0. The van der Waals surface area contributed by atoms with Crippen molar-refractivity contribution >= 4 is 17.9 Å². The van der Waals surface area contributed by atoms with Gasteiger partial charge in [0.15, 0.2) is 0 Å². The van der Waals surface area contributed by atoms with Crippen LogP contribution in [0, 0.1) is 0 Å². The molecule has 0 radical (unpaired) electrons. The molecule has 0 fully saturated rings. The molecule has 0 aliphatic rings. The van der Waals surface area contributed by atoms with E-state index in [-0.39, 0.29) is 32.7 Å². The Labute approximate surface area is 269 Å². The fourth-order valence-electron chi connectivity index (χ4n) is 3.64. The van der Waals surface area contributed by atoms with E-state index in [1.165, 1.54) is 0 Å². The molecule has 0 amide bonds. The Morgan fingerprint density at radius 2 is 0.625 bits per heavy atom. The quantitative estimate of drug-likeness (QED) is 0.171. The molecule has 0 aromatic rings. The molecule has 9 nitrogen and oxygen atoms in total. The normalized spacial score (nSPS) is 11.3. The molecular weight excluding hydrogens is 593 g/mol. The van der Waals surface area contributed by atoms with E-state index >= 15 is 0 Å². The third-order valence-electron chi connectivity index (χ3n) is 7.17. The SMILES string of the molecule is CCCCOC(CC)(CC)C(=O)[O-].CCCCOC(CC)(CC)C(=O)[O-].CCCCOC(CC)(CC)C(=O)[O-].[Y+3]. The van der Waals surface area contributed by atoms with Crippen molar-refractivity contribution in [2.75, 3.05) is 19.8 Å². The first kappa shape index (κ1) is 46.4. The zero-order valence-electron chi connectivity index (χ0n) is 26.9. The zero-order chi connectivity index (χ0) is 31.0. The summed E-state index contributed by atoms with van der Waals surface area (Å²) in [6, 6.07) is 0. The summed E-state index contributed by atoms with van der Waals surface area (Å²) in [4.78, 5) is 32.5. The Bertz CT molecular complexity index is 543. The largest absolute Gasteiger partial charge is 3.00 e. The van der Waals surface area contributed by atoms with Gasteiger partial charge in [-0.2, -0.15) is 0 Å². The molecule has 0 unspecified atom stereocenters. The van der Waals surface area contributed by atoms with Crippen LogP contribution in [0.5, 0.6) is 0 Å². The summed E-state index contributed by atoms with van der Waals surface area (Å²) in [6.45, 7) is 18.5. The van der Waals surface area contributed by atoms with E-state index in [4.69, 9.17) is 14.2 Å². The Kier molecular flexibility index (Phi) is 31.6. The molecule has 0 saturated heterocycles. The molecule has 10 heteroatoms. The molecule has 40 heavy (non-hydrogen) atoms. The molecule has 234 valence electrons. The fraction of sp³-hybridized carbons (Fsp3) is 0.900. The number of carbonyl (C=O) groups is 3. The van der Waals surface area contributed by atoms with Crippen LogP contribution in [0.2, 0.25) is 0 Å². The fourth-order valence-corrected chi connectivity index (χ4v) is 3.64. The van der Waals surface area contributed by atoms with Crippen molar-refractivity contribution in [3.63, 3.8) is 0 Å².